The molecular formula is C21H26FN5O3. The quantitative estimate of drug-likeness (QED) is 0.578. The predicted molar refractivity (Wildman–Crippen MR) is 113 cm³/mol. The van der Waals surface area contributed by atoms with Crippen LogP contribution in [0.1, 0.15) is 6.92 Å². The molecule has 9 heteroatoms. The van der Waals surface area contributed by atoms with Crippen LogP contribution in [-0.4, -0.2) is 52.8 Å². The van der Waals surface area contributed by atoms with Gasteiger partial charge in [-0.3, -0.25) is 9.48 Å². The van der Waals surface area contributed by atoms with E-state index in [1.807, 2.05) is 6.92 Å². The van der Waals surface area contributed by atoms with Gasteiger partial charge in [0, 0.05) is 33.5 Å². The smallest absolute Gasteiger partial charge is 0.275 e. The van der Waals surface area contributed by atoms with E-state index < -0.39 is 0 Å². The number of hydrogen-bond acceptors (Lipinski definition) is 6. The molecule has 3 rings (SSSR count). The van der Waals surface area contributed by atoms with Gasteiger partial charge in [-0.25, -0.2) is 19.0 Å². The summed E-state index contributed by atoms with van der Waals surface area (Å²) in [5, 5.41) is 3.18. The number of rotatable bonds is 9. The zero-order valence-corrected chi connectivity index (χ0v) is 17.6. The Morgan fingerprint density at radius 1 is 1.17 bits per heavy atom. The van der Waals surface area contributed by atoms with Gasteiger partial charge in [-0.05, 0) is 30.7 Å². The zero-order chi connectivity index (χ0) is 21.7. The van der Waals surface area contributed by atoms with Crippen molar-refractivity contribution in [1.29, 1.82) is 0 Å². The molecule has 0 radical (unpaired) electrons. The van der Waals surface area contributed by atoms with Crippen LogP contribution in [0.15, 0.2) is 41.3 Å². The minimum absolute atomic E-state index is 0.0111. The lowest BCUT2D eigenvalue weighted by Crippen LogP contribution is -2.24. The summed E-state index contributed by atoms with van der Waals surface area (Å²) in [5.41, 5.74) is 2.06. The van der Waals surface area contributed by atoms with Gasteiger partial charge in [0.1, 0.15) is 5.82 Å². The molecule has 0 bridgehead atoms. The van der Waals surface area contributed by atoms with Gasteiger partial charge >= 0.3 is 0 Å². The molecule has 2 heterocycles. The van der Waals surface area contributed by atoms with Crippen molar-refractivity contribution in [3.63, 3.8) is 0 Å². The summed E-state index contributed by atoms with van der Waals surface area (Å²) in [7, 11) is 5.00. The van der Waals surface area contributed by atoms with Crippen molar-refractivity contribution in [2.75, 3.05) is 32.8 Å². The molecule has 0 saturated carbocycles. The van der Waals surface area contributed by atoms with Crippen LogP contribution in [-0.2, 0) is 23.1 Å². The van der Waals surface area contributed by atoms with Gasteiger partial charge in [0.15, 0.2) is 0 Å². The van der Waals surface area contributed by atoms with Crippen molar-refractivity contribution >= 4 is 5.95 Å². The molecule has 0 spiro atoms. The Morgan fingerprint density at radius 2 is 1.90 bits per heavy atom. The first-order valence-corrected chi connectivity index (χ1v) is 9.59. The van der Waals surface area contributed by atoms with E-state index in [-0.39, 0.29) is 17.4 Å². The molecule has 0 aliphatic heterocycles. The highest BCUT2D eigenvalue weighted by Crippen LogP contribution is 2.29. The van der Waals surface area contributed by atoms with Gasteiger partial charge < -0.3 is 14.8 Å². The normalized spacial score (nSPS) is 12.2. The molecule has 0 aliphatic rings. The second-order valence-electron chi connectivity index (χ2n) is 6.94. The Bertz CT molecular complexity index is 1050. The number of benzene rings is 1. The average molecular weight is 415 g/mol. The molecular weight excluding hydrogens is 389 g/mol. The number of hydrogen-bond donors (Lipinski definition) is 1. The first-order chi connectivity index (χ1) is 14.5. The Kier molecular flexibility index (Phi) is 6.96. The van der Waals surface area contributed by atoms with Crippen LogP contribution in [0, 0.1) is 5.82 Å². The van der Waals surface area contributed by atoms with Gasteiger partial charge in [-0.15, -0.1) is 0 Å². The third kappa shape index (κ3) is 4.58. The number of methoxy groups -OCH3 is 2. The highest BCUT2D eigenvalue weighted by Gasteiger charge is 2.22. The van der Waals surface area contributed by atoms with E-state index >= 15 is 0 Å². The summed E-state index contributed by atoms with van der Waals surface area (Å²) in [4.78, 5) is 22.1. The topological polar surface area (TPSA) is 83.2 Å². The maximum absolute atomic E-state index is 13.5. The fraction of sp³-hybridized carbons (Fsp3) is 0.381. The largest absolute Gasteiger partial charge is 0.383 e. The lowest BCUT2D eigenvalue weighted by molar-refractivity contribution is 0.178. The number of anilines is 1. The molecule has 0 aliphatic carbocycles. The van der Waals surface area contributed by atoms with Crippen LogP contribution >= 0.6 is 0 Å². The van der Waals surface area contributed by atoms with Crippen LogP contribution in [0.3, 0.4) is 0 Å². The molecule has 3 aromatic rings. The molecule has 1 unspecified atom stereocenters. The van der Waals surface area contributed by atoms with Gasteiger partial charge in [0.25, 0.3) is 5.56 Å². The predicted octanol–water partition coefficient (Wildman–Crippen LogP) is 2.54. The summed E-state index contributed by atoms with van der Waals surface area (Å²) >= 11 is 0. The van der Waals surface area contributed by atoms with E-state index in [2.05, 4.69) is 15.3 Å². The van der Waals surface area contributed by atoms with Crippen molar-refractivity contribution in [3.8, 4) is 22.5 Å². The van der Waals surface area contributed by atoms with E-state index in [4.69, 9.17) is 9.47 Å². The zero-order valence-electron chi connectivity index (χ0n) is 17.6. The molecule has 8 nitrogen and oxygen atoms in total. The SMILES string of the molecule is COCCn1c(=O)c(-c2ccc(F)cc2)c(-c2ccnc(NC(C)COC)n2)n1C. The summed E-state index contributed by atoms with van der Waals surface area (Å²) in [6.45, 7) is 3.22. The van der Waals surface area contributed by atoms with Crippen LogP contribution < -0.4 is 10.9 Å². The van der Waals surface area contributed by atoms with E-state index in [0.717, 1.165) is 0 Å². The lowest BCUT2D eigenvalue weighted by atomic mass is 10.0. The minimum atomic E-state index is -0.364. The first kappa shape index (κ1) is 21.7. The Balaban J connectivity index is 2.13. The van der Waals surface area contributed by atoms with Gasteiger partial charge in [-0.1, -0.05) is 12.1 Å². The van der Waals surface area contributed by atoms with Gasteiger partial charge in [0.2, 0.25) is 5.95 Å². The van der Waals surface area contributed by atoms with Crippen LogP contribution in [0.25, 0.3) is 22.5 Å². The summed E-state index contributed by atoms with van der Waals surface area (Å²) in [6, 6.07) is 7.62. The molecule has 1 N–H and O–H groups in total. The molecule has 2 aromatic heterocycles. The van der Waals surface area contributed by atoms with Crippen LogP contribution in [0.2, 0.25) is 0 Å². The van der Waals surface area contributed by atoms with Crippen LogP contribution in [0.5, 0.6) is 0 Å². The van der Waals surface area contributed by atoms with E-state index in [9.17, 15) is 9.18 Å². The summed E-state index contributed by atoms with van der Waals surface area (Å²) in [5.74, 6) is 0.0655. The van der Waals surface area contributed by atoms with Crippen molar-refractivity contribution in [1.82, 2.24) is 19.3 Å². The molecule has 0 saturated heterocycles. The lowest BCUT2D eigenvalue weighted by Gasteiger charge is -2.14. The van der Waals surface area contributed by atoms with Crippen molar-refractivity contribution < 1.29 is 13.9 Å². The van der Waals surface area contributed by atoms with Gasteiger partial charge in [-0.2, -0.15) is 0 Å². The fourth-order valence-corrected chi connectivity index (χ4v) is 3.32. The third-order valence-corrected chi connectivity index (χ3v) is 4.70. The van der Waals surface area contributed by atoms with E-state index in [1.165, 1.54) is 12.1 Å². The Hall–Kier alpha value is -3.04. The highest BCUT2D eigenvalue weighted by atomic mass is 19.1. The standard InChI is InChI=1S/C21H26FN5O3/c1-14(13-30-4)24-21-23-10-9-17(25-21)19-18(15-5-7-16(22)8-6-15)20(28)27(26(19)2)11-12-29-3/h5-10,14H,11-13H2,1-4H3,(H,23,24,25). The fourth-order valence-electron chi connectivity index (χ4n) is 3.32. The summed E-state index contributed by atoms with van der Waals surface area (Å²) < 4.78 is 27.1. The second kappa shape index (κ2) is 9.64. The van der Waals surface area contributed by atoms with E-state index in [0.29, 0.717) is 48.2 Å². The Morgan fingerprint density at radius 3 is 2.57 bits per heavy atom. The number of ether oxygens (including phenoxy) is 2. The summed E-state index contributed by atoms with van der Waals surface area (Å²) in [6.07, 6.45) is 1.63. The van der Waals surface area contributed by atoms with Crippen molar-refractivity contribution in [3.05, 3.63) is 52.7 Å². The molecule has 30 heavy (non-hydrogen) atoms. The van der Waals surface area contributed by atoms with Crippen molar-refractivity contribution in [2.24, 2.45) is 7.05 Å². The third-order valence-electron chi connectivity index (χ3n) is 4.70. The molecule has 0 amide bonds. The first-order valence-electron chi connectivity index (χ1n) is 9.59. The number of halogens is 1. The van der Waals surface area contributed by atoms with Crippen molar-refractivity contribution in [2.45, 2.75) is 19.5 Å². The maximum atomic E-state index is 13.5. The number of aromatic nitrogens is 4. The molecule has 1 aromatic carbocycles. The number of nitrogens with one attached hydrogen (secondary N) is 1. The van der Waals surface area contributed by atoms with E-state index in [1.54, 1.807) is 55.0 Å². The Labute approximate surface area is 174 Å². The van der Waals surface area contributed by atoms with Gasteiger partial charge in [0.05, 0.1) is 36.7 Å². The minimum Gasteiger partial charge on any atom is -0.383 e. The molecule has 1 atom stereocenters. The molecule has 0 fully saturated rings. The van der Waals surface area contributed by atoms with Crippen LogP contribution in [0.4, 0.5) is 10.3 Å². The monoisotopic (exact) mass is 415 g/mol. The average Bonchev–Trinajstić information content (AvgIpc) is 2.97. The highest BCUT2D eigenvalue weighted by molar-refractivity contribution is 5.79. The second-order valence-corrected chi connectivity index (χ2v) is 6.94. The number of nitrogens with zero attached hydrogens (tertiary/aromatic N) is 4. The maximum Gasteiger partial charge on any atom is 0.275 e. The molecule has 160 valence electrons.